The average Bonchev–Trinajstić information content (AvgIpc) is 3.33. The Balaban J connectivity index is 0.000000688. The summed E-state index contributed by atoms with van der Waals surface area (Å²) in [5.74, 6) is -0.333. The molecule has 0 aromatic heterocycles. The van der Waals surface area contributed by atoms with Crippen LogP contribution in [-0.2, 0) is 54.2 Å². The van der Waals surface area contributed by atoms with E-state index in [1.807, 2.05) is 20.8 Å². The van der Waals surface area contributed by atoms with Gasteiger partial charge < -0.3 is 41.0 Å². The van der Waals surface area contributed by atoms with Gasteiger partial charge in [0.05, 0.1) is 27.9 Å². The first-order chi connectivity index (χ1) is 35.6. The summed E-state index contributed by atoms with van der Waals surface area (Å²) >= 11 is 0. The van der Waals surface area contributed by atoms with Gasteiger partial charge in [0.2, 0.25) is 0 Å². The number of rotatable bonds is 25. The summed E-state index contributed by atoms with van der Waals surface area (Å²) in [5.41, 5.74) is 3.24. The van der Waals surface area contributed by atoms with Crippen LogP contribution < -0.4 is 16.0 Å². The first kappa shape index (κ1) is 68.5. The first-order valence-electron chi connectivity index (χ1n) is 25.0. The summed E-state index contributed by atoms with van der Waals surface area (Å²) in [6.45, 7) is 15.8. The maximum Gasteiger partial charge on any atom is 0.408 e. The van der Waals surface area contributed by atoms with Gasteiger partial charge >= 0.3 is 18.0 Å². The molecule has 1 aliphatic rings. The Morgan fingerprint density at radius 2 is 1.07 bits per heavy atom. The van der Waals surface area contributed by atoms with Crippen molar-refractivity contribution in [3.63, 3.8) is 0 Å². The molecular formula is C52H80N6O15S3. The normalized spacial score (nSPS) is 14.3. The van der Waals surface area contributed by atoms with Crippen molar-refractivity contribution in [1.29, 1.82) is 10.8 Å². The molecule has 4 rings (SSSR count). The van der Waals surface area contributed by atoms with E-state index in [9.17, 15) is 39.6 Å². The third-order valence-electron chi connectivity index (χ3n) is 11.0. The van der Waals surface area contributed by atoms with Crippen LogP contribution in [0.25, 0.3) is 0 Å². The highest BCUT2D eigenvalue weighted by Crippen LogP contribution is 2.26. The molecule has 0 aliphatic heterocycles. The largest absolute Gasteiger partial charge is 0.464 e. The molecule has 8 N–H and O–H groups in total. The molecule has 0 radical (unpaired) electrons. The van der Waals surface area contributed by atoms with Crippen LogP contribution in [0.5, 0.6) is 0 Å². The van der Waals surface area contributed by atoms with Crippen LogP contribution in [-0.4, -0.2) is 132 Å². The topological polar surface area (TPSA) is 338 Å². The van der Waals surface area contributed by atoms with E-state index < -0.39 is 60.1 Å². The fourth-order valence-electron chi connectivity index (χ4n) is 6.91. The van der Waals surface area contributed by atoms with Crippen LogP contribution in [0.1, 0.15) is 115 Å². The van der Waals surface area contributed by atoms with Crippen molar-refractivity contribution in [2.24, 2.45) is 10.9 Å². The second-order valence-corrected chi connectivity index (χ2v) is 23.0. The fraction of sp³-hybridized carbons (Fsp3) is 0.538. The van der Waals surface area contributed by atoms with E-state index in [1.54, 1.807) is 64.1 Å². The number of nitrogens with one attached hydrogen (secondary N) is 5. The van der Waals surface area contributed by atoms with Gasteiger partial charge in [-0.15, -0.1) is 0 Å². The molecule has 76 heavy (non-hydrogen) atoms. The van der Waals surface area contributed by atoms with Gasteiger partial charge in [0.1, 0.15) is 17.7 Å². The fourth-order valence-corrected chi connectivity index (χ4v) is 8.35. The number of carbonyl (C=O) groups excluding carboxylic acids is 3. The van der Waals surface area contributed by atoms with Gasteiger partial charge in [0.15, 0.2) is 0 Å². The molecule has 21 nitrogen and oxygen atoms in total. The first-order valence-corrected chi connectivity index (χ1v) is 29.3. The molecule has 24 heteroatoms. The van der Waals surface area contributed by atoms with Crippen LogP contribution in [0.2, 0.25) is 0 Å². The van der Waals surface area contributed by atoms with Crippen molar-refractivity contribution < 1.29 is 67.5 Å². The van der Waals surface area contributed by atoms with Gasteiger partial charge in [0.25, 0.3) is 30.4 Å². The highest BCUT2D eigenvalue weighted by Gasteiger charge is 2.27. The molecule has 3 aromatic carbocycles. The molecule has 1 aliphatic carbocycles. The van der Waals surface area contributed by atoms with Crippen molar-refractivity contribution in [3.8, 4) is 0 Å². The third kappa shape index (κ3) is 32.2. The number of carbonyl (C=O) groups is 3. The van der Waals surface area contributed by atoms with Crippen LogP contribution >= 0.6 is 0 Å². The SMILES string of the molecule is CCOC(=O)C(CCCCNCC=N)N=C1CCC(CCOC(=O)C(CCCCNCC=N)NC(=O)OC(C)(C)C)CC1.Cc1ccc(S(=O)(=O)O)cc1.Cc1ccc(S(=O)(=O)O)cc1.Cc1ccc(S(=O)(=O)O)cc1. The van der Waals surface area contributed by atoms with Crippen molar-refractivity contribution in [2.45, 2.75) is 151 Å². The molecule has 2 atom stereocenters. The number of nitrogens with zero attached hydrogens (tertiary/aromatic N) is 1. The molecule has 2 unspecified atom stereocenters. The van der Waals surface area contributed by atoms with Crippen LogP contribution in [0.4, 0.5) is 4.79 Å². The van der Waals surface area contributed by atoms with Gasteiger partial charge in [-0.2, -0.15) is 25.3 Å². The lowest BCUT2D eigenvalue weighted by Gasteiger charge is -2.25. The minimum atomic E-state index is -4.02. The van der Waals surface area contributed by atoms with E-state index >= 15 is 0 Å². The summed E-state index contributed by atoms with van der Waals surface area (Å²) in [5, 5.41) is 23.1. The molecule has 3 aromatic rings. The lowest BCUT2D eigenvalue weighted by atomic mass is 9.86. The van der Waals surface area contributed by atoms with Crippen LogP contribution in [0.3, 0.4) is 0 Å². The van der Waals surface area contributed by atoms with E-state index in [1.165, 1.54) is 48.8 Å². The number of amides is 1. The summed E-state index contributed by atoms with van der Waals surface area (Å²) in [6, 6.07) is 16.7. The number of aryl methyl sites for hydroxylation is 3. The van der Waals surface area contributed by atoms with Crippen LogP contribution in [0.15, 0.2) is 92.5 Å². The van der Waals surface area contributed by atoms with E-state index in [0.717, 1.165) is 86.9 Å². The molecule has 0 saturated heterocycles. The maximum atomic E-state index is 12.9. The Hall–Kier alpha value is -5.47. The highest BCUT2D eigenvalue weighted by atomic mass is 32.2. The monoisotopic (exact) mass is 1120 g/mol. The van der Waals surface area contributed by atoms with Crippen molar-refractivity contribution in [3.05, 3.63) is 89.5 Å². The zero-order valence-electron chi connectivity index (χ0n) is 44.7. The Morgan fingerprint density at radius 1 is 0.658 bits per heavy atom. The van der Waals surface area contributed by atoms with Gasteiger partial charge in [-0.25, -0.2) is 14.4 Å². The molecular weight excluding hydrogens is 1040 g/mol. The standard InChI is InChI=1S/C31H56N6O6.3C7H8O3S/c1-5-41-28(38)26(10-6-8-19-34-21-17-32)36-25-14-12-24(13-15-25)16-23-42-29(39)27(11-7-9-20-35-22-18-33)37-30(40)43-31(2,3)4;3*1-6-2-4-7(5-3-6)11(8,9)10/h17-18,24,26-27,32-35H,5-16,19-23H2,1-4H3,(H,37,40);3*2-5H,1H3,(H,8,9,10). The molecule has 0 bridgehead atoms. The van der Waals surface area contributed by atoms with Crippen molar-refractivity contribution >= 4 is 66.5 Å². The summed E-state index contributed by atoms with van der Waals surface area (Å²) < 4.78 is 105. The number of benzene rings is 3. The number of aliphatic imine (C=N–C) groups is 1. The predicted octanol–water partition coefficient (Wildman–Crippen LogP) is 7.92. The van der Waals surface area contributed by atoms with Crippen molar-refractivity contribution in [2.75, 3.05) is 39.4 Å². The van der Waals surface area contributed by atoms with Crippen LogP contribution in [0, 0.1) is 37.5 Å². The van der Waals surface area contributed by atoms with Crippen molar-refractivity contribution in [1.82, 2.24) is 16.0 Å². The lowest BCUT2D eigenvalue weighted by Crippen LogP contribution is -2.44. The van der Waals surface area contributed by atoms with E-state index in [0.29, 0.717) is 44.9 Å². The summed E-state index contributed by atoms with van der Waals surface area (Å²) in [4.78, 5) is 42.3. The number of hydrogen-bond acceptors (Lipinski definition) is 17. The number of unbranched alkanes of at least 4 members (excludes halogenated alkanes) is 2. The number of ether oxygens (including phenoxy) is 3. The zero-order valence-corrected chi connectivity index (χ0v) is 47.2. The Labute approximate surface area is 450 Å². The Kier molecular flexibility index (Phi) is 32.3. The van der Waals surface area contributed by atoms with Gasteiger partial charge in [-0.3, -0.25) is 18.7 Å². The minimum Gasteiger partial charge on any atom is -0.464 e. The molecule has 1 fully saturated rings. The Bertz CT molecular complexity index is 2410. The molecule has 426 valence electrons. The predicted molar refractivity (Wildman–Crippen MR) is 293 cm³/mol. The Morgan fingerprint density at radius 3 is 1.43 bits per heavy atom. The van der Waals surface area contributed by atoms with Gasteiger partial charge in [-0.05, 0) is 175 Å². The number of esters is 2. The van der Waals surface area contributed by atoms with E-state index in [-0.39, 0.29) is 27.3 Å². The quantitative estimate of drug-likeness (QED) is 0.0131. The lowest BCUT2D eigenvalue weighted by molar-refractivity contribution is -0.147. The van der Waals surface area contributed by atoms with Gasteiger partial charge in [0, 0.05) is 31.2 Å². The molecule has 1 amide bonds. The maximum absolute atomic E-state index is 12.9. The van der Waals surface area contributed by atoms with E-state index in [4.69, 9.17) is 43.7 Å². The van der Waals surface area contributed by atoms with E-state index in [2.05, 4.69) is 16.0 Å². The smallest absolute Gasteiger partial charge is 0.408 e. The zero-order chi connectivity index (χ0) is 57.4. The second kappa shape index (κ2) is 35.8. The van der Waals surface area contributed by atoms with Gasteiger partial charge in [-0.1, -0.05) is 53.1 Å². The highest BCUT2D eigenvalue weighted by molar-refractivity contribution is 7.86. The molecule has 1 saturated carbocycles. The second-order valence-electron chi connectivity index (χ2n) is 18.7. The molecule has 0 spiro atoms. The number of alkyl carbamates (subject to hydrolysis) is 1. The molecule has 0 heterocycles. The third-order valence-corrected chi connectivity index (χ3v) is 13.6. The summed E-state index contributed by atoms with van der Waals surface area (Å²) in [7, 11) is -12.1. The minimum absolute atomic E-state index is 0.0666. The number of hydrogen-bond donors (Lipinski definition) is 8. The average molecular weight is 1130 g/mol. The summed E-state index contributed by atoms with van der Waals surface area (Å²) in [6.07, 6.45) is 10.5.